The number of hydrogen-bond donors (Lipinski definition) is 3. The molecule has 0 aliphatic rings. The molecule has 0 bridgehead atoms. The second kappa shape index (κ2) is 8.50. The number of rotatable bonds is 7. The lowest BCUT2D eigenvalue weighted by Crippen LogP contribution is -2.31. The maximum absolute atomic E-state index is 12.1. The maximum Gasteiger partial charge on any atom is 0.276 e. The van der Waals surface area contributed by atoms with Crippen LogP contribution in [0.4, 0.5) is 11.5 Å². The van der Waals surface area contributed by atoms with Crippen LogP contribution in [0.15, 0.2) is 42.5 Å². The second-order valence-corrected chi connectivity index (χ2v) is 6.09. The first-order chi connectivity index (χ1) is 11.1. The number of carbonyl (C=O) groups excluding carboxylic acids is 1. The van der Waals surface area contributed by atoms with Gasteiger partial charge in [-0.05, 0) is 37.4 Å². The number of hydrogen-bond acceptors (Lipinski definition) is 6. The largest absolute Gasteiger partial charge is 0.395 e. The van der Waals surface area contributed by atoms with Crippen LogP contribution in [0.5, 0.6) is 0 Å². The molecule has 0 fully saturated rings. The van der Waals surface area contributed by atoms with Gasteiger partial charge in [-0.3, -0.25) is 4.79 Å². The molecule has 6 nitrogen and oxygen atoms in total. The first kappa shape index (κ1) is 17.2. The Morgan fingerprint density at radius 1 is 1.22 bits per heavy atom. The highest BCUT2D eigenvalue weighted by Crippen LogP contribution is 2.15. The molecule has 23 heavy (non-hydrogen) atoms. The summed E-state index contributed by atoms with van der Waals surface area (Å²) in [5.74, 6) is 0.266. The van der Waals surface area contributed by atoms with Gasteiger partial charge < -0.3 is 15.7 Å². The van der Waals surface area contributed by atoms with Crippen LogP contribution in [0, 0.1) is 0 Å². The summed E-state index contributed by atoms with van der Waals surface area (Å²) >= 11 is 1.58. The second-order valence-electron chi connectivity index (χ2n) is 5.01. The number of benzene rings is 1. The van der Waals surface area contributed by atoms with Crippen LogP contribution in [0.25, 0.3) is 0 Å². The third-order valence-electron chi connectivity index (χ3n) is 3.34. The summed E-state index contributed by atoms with van der Waals surface area (Å²) < 4.78 is 0. The molecule has 7 heteroatoms. The van der Waals surface area contributed by atoms with Crippen LogP contribution < -0.4 is 10.6 Å². The van der Waals surface area contributed by atoms with Crippen molar-refractivity contribution in [2.45, 2.75) is 18.2 Å². The molecule has 1 amide bonds. The molecular weight excluding hydrogens is 312 g/mol. The van der Waals surface area contributed by atoms with E-state index in [-0.39, 0.29) is 29.5 Å². The molecule has 1 aromatic carbocycles. The molecule has 0 saturated carbocycles. The zero-order valence-electron chi connectivity index (χ0n) is 13.1. The van der Waals surface area contributed by atoms with E-state index in [2.05, 4.69) is 20.8 Å². The molecule has 2 aromatic rings. The summed E-state index contributed by atoms with van der Waals surface area (Å²) in [6.07, 6.45) is 1.95. The van der Waals surface area contributed by atoms with Crippen molar-refractivity contribution in [2.24, 2.45) is 0 Å². The van der Waals surface area contributed by atoms with Crippen LogP contribution in [-0.2, 0) is 0 Å². The highest BCUT2D eigenvalue weighted by atomic mass is 32.2. The summed E-state index contributed by atoms with van der Waals surface area (Å²) in [6, 6.07) is 12.5. The van der Waals surface area contributed by atoms with Crippen molar-refractivity contribution in [2.75, 3.05) is 23.5 Å². The van der Waals surface area contributed by atoms with Gasteiger partial charge in [-0.25, -0.2) is 0 Å². The molecule has 122 valence electrons. The lowest BCUT2D eigenvalue weighted by atomic mass is 10.2. The van der Waals surface area contributed by atoms with Gasteiger partial charge in [0.05, 0.1) is 6.61 Å². The summed E-state index contributed by atoms with van der Waals surface area (Å²) in [7, 11) is 0. The number of para-hydroxylation sites is 1. The van der Waals surface area contributed by atoms with Gasteiger partial charge >= 0.3 is 0 Å². The van der Waals surface area contributed by atoms with Gasteiger partial charge in [0.1, 0.15) is 5.82 Å². The van der Waals surface area contributed by atoms with E-state index in [4.69, 9.17) is 0 Å². The Hall–Kier alpha value is -2.12. The van der Waals surface area contributed by atoms with Crippen molar-refractivity contribution < 1.29 is 9.90 Å². The van der Waals surface area contributed by atoms with Crippen LogP contribution in [0.3, 0.4) is 0 Å². The van der Waals surface area contributed by atoms with E-state index in [0.29, 0.717) is 11.5 Å². The number of amides is 1. The van der Waals surface area contributed by atoms with E-state index >= 15 is 0 Å². The van der Waals surface area contributed by atoms with Gasteiger partial charge in [-0.2, -0.15) is 11.8 Å². The number of carbonyl (C=O) groups is 1. The van der Waals surface area contributed by atoms with Crippen molar-refractivity contribution >= 4 is 29.2 Å². The van der Waals surface area contributed by atoms with E-state index in [1.807, 2.05) is 31.4 Å². The quantitative estimate of drug-likeness (QED) is 0.721. The Labute approximate surface area is 139 Å². The van der Waals surface area contributed by atoms with Gasteiger partial charge in [0.2, 0.25) is 0 Å². The fourth-order valence-electron chi connectivity index (χ4n) is 2.01. The first-order valence-corrected chi connectivity index (χ1v) is 8.53. The summed E-state index contributed by atoms with van der Waals surface area (Å²) in [4.78, 5) is 12.1. The Balaban J connectivity index is 1.97. The Morgan fingerprint density at radius 2 is 1.96 bits per heavy atom. The molecule has 0 aliphatic heterocycles. The third-order valence-corrected chi connectivity index (χ3v) is 4.51. The number of nitrogens with zero attached hydrogens (tertiary/aromatic N) is 2. The molecule has 3 N–H and O–H groups in total. The zero-order valence-corrected chi connectivity index (χ0v) is 13.9. The van der Waals surface area contributed by atoms with Gasteiger partial charge in [-0.1, -0.05) is 18.2 Å². The number of aromatic nitrogens is 2. The molecule has 0 saturated heterocycles. The van der Waals surface area contributed by atoms with Crippen LogP contribution in [-0.4, -0.2) is 45.4 Å². The van der Waals surface area contributed by atoms with Gasteiger partial charge in [-0.15, -0.1) is 10.2 Å². The fraction of sp³-hybridized carbons (Fsp3) is 0.312. The standard InChI is InChI=1S/C16H20N4O2S/c1-11(14(10-21)23-2)17-15-9-8-13(19-20-15)16(22)18-12-6-4-3-5-7-12/h3-9,11,14,21H,10H2,1-2H3,(H,17,20)(H,18,22). The lowest BCUT2D eigenvalue weighted by Gasteiger charge is -2.21. The lowest BCUT2D eigenvalue weighted by molar-refractivity contribution is 0.102. The predicted molar refractivity (Wildman–Crippen MR) is 93.9 cm³/mol. The number of aliphatic hydroxyl groups is 1. The molecular formula is C16H20N4O2S. The van der Waals surface area contributed by atoms with Crippen LogP contribution in [0.2, 0.25) is 0 Å². The topological polar surface area (TPSA) is 87.1 Å². The van der Waals surface area contributed by atoms with E-state index in [1.54, 1.807) is 36.0 Å². The Kier molecular flexibility index (Phi) is 6.37. The van der Waals surface area contributed by atoms with Crippen molar-refractivity contribution in [3.63, 3.8) is 0 Å². The average molecular weight is 332 g/mol. The van der Waals surface area contributed by atoms with Crippen molar-refractivity contribution in [1.29, 1.82) is 0 Å². The molecule has 0 aliphatic carbocycles. The predicted octanol–water partition coefficient (Wildman–Crippen LogP) is 2.25. The summed E-state index contributed by atoms with van der Waals surface area (Å²) in [5.41, 5.74) is 0.955. The minimum Gasteiger partial charge on any atom is -0.395 e. The fourth-order valence-corrected chi connectivity index (χ4v) is 2.64. The molecule has 1 aromatic heterocycles. The number of anilines is 2. The zero-order chi connectivity index (χ0) is 16.7. The third kappa shape index (κ3) is 4.94. The summed E-state index contributed by atoms with van der Waals surface area (Å²) in [5, 5.41) is 23.2. The molecule has 2 atom stereocenters. The number of nitrogens with one attached hydrogen (secondary N) is 2. The van der Waals surface area contributed by atoms with Gasteiger partial charge in [0.25, 0.3) is 5.91 Å². The highest BCUT2D eigenvalue weighted by molar-refractivity contribution is 7.99. The first-order valence-electron chi connectivity index (χ1n) is 7.24. The van der Waals surface area contributed by atoms with Gasteiger partial charge in [0, 0.05) is 17.0 Å². The number of thioether (sulfide) groups is 1. The minimum atomic E-state index is -0.305. The monoisotopic (exact) mass is 332 g/mol. The normalized spacial score (nSPS) is 13.2. The van der Waals surface area contributed by atoms with Crippen LogP contribution >= 0.6 is 11.8 Å². The van der Waals surface area contributed by atoms with Crippen molar-refractivity contribution in [1.82, 2.24) is 10.2 Å². The van der Waals surface area contributed by atoms with Crippen molar-refractivity contribution in [3.05, 3.63) is 48.2 Å². The highest BCUT2D eigenvalue weighted by Gasteiger charge is 2.16. The molecule has 2 unspecified atom stereocenters. The summed E-state index contributed by atoms with van der Waals surface area (Å²) in [6.45, 7) is 2.05. The van der Waals surface area contributed by atoms with Crippen LogP contribution in [0.1, 0.15) is 17.4 Å². The van der Waals surface area contributed by atoms with E-state index in [9.17, 15) is 9.90 Å². The average Bonchev–Trinajstić information content (AvgIpc) is 2.57. The minimum absolute atomic E-state index is 0.0355. The maximum atomic E-state index is 12.1. The SMILES string of the molecule is CSC(CO)C(C)Nc1ccc(C(=O)Nc2ccccc2)nn1. The Bertz CT molecular complexity index is 618. The van der Waals surface area contributed by atoms with E-state index in [1.165, 1.54) is 0 Å². The van der Waals surface area contributed by atoms with Crippen molar-refractivity contribution in [3.8, 4) is 0 Å². The molecule has 2 rings (SSSR count). The Morgan fingerprint density at radius 3 is 2.52 bits per heavy atom. The smallest absolute Gasteiger partial charge is 0.276 e. The number of aliphatic hydroxyl groups excluding tert-OH is 1. The molecule has 1 heterocycles. The van der Waals surface area contributed by atoms with E-state index < -0.39 is 0 Å². The van der Waals surface area contributed by atoms with E-state index in [0.717, 1.165) is 0 Å². The molecule has 0 spiro atoms. The van der Waals surface area contributed by atoms with Gasteiger partial charge in [0.15, 0.2) is 5.69 Å². The molecule has 0 radical (unpaired) electrons.